The molecule has 0 unspecified atom stereocenters. The van der Waals surface area contributed by atoms with E-state index in [-0.39, 0.29) is 22.1 Å². The molecular formula is C17H29N3O4S. The Bertz CT molecular complexity index is 685. The van der Waals surface area contributed by atoms with Gasteiger partial charge in [-0.3, -0.25) is 10.1 Å². The smallest absolute Gasteiger partial charge is 0.273 e. The van der Waals surface area contributed by atoms with E-state index in [1.54, 1.807) is 0 Å². The Labute approximate surface area is 150 Å². The van der Waals surface area contributed by atoms with Crippen molar-refractivity contribution in [1.29, 1.82) is 0 Å². The van der Waals surface area contributed by atoms with Gasteiger partial charge in [0.1, 0.15) is 0 Å². The molecule has 0 spiro atoms. The first-order chi connectivity index (χ1) is 11.6. The molecule has 1 aromatic rings. The lowest BCUT2D eigenvalue weighted by molar-refractivity contribution is -0.385. The van der Waals surface area contributed by atoms with Crippen LogP contribution in [-0.2, 0) is 10.0 Å². The molecule has 0 aliphatic carbocycles. The van der Waals surface area contributed by atoms with Gasteiger partial charge in [-0.15, -0.1) is 0 Å². The lowest BCUT2D eigenvalue weighted by Gasteiger charge is -2.27. The van der Waals surface area contributed by atoms with Crippen molar-refractivity contribution in [3.63, 3.8) is 0 Å². The number of nitro benzene ring substituents is 1. The van der Waals surface area contributed by atoms with Gasteiger partial charge in [0, 0.05) is 31.3 Å². The second-order valence-corrected chi connectivity index (χ2v) is 8.35. The summed E-state index contributed by atoms with van der Waals surface area (Å²) in [6.45, 7) is 12.6. The molecule has 0 fully saturated rings. The third-order valence-electron chi connectivity index (χ3n) is 4.20. The predicted molar refractivity (Wildman–Crippen MR) is 99.2 cm³/mol. The summed E-state index contributed by atoms with van der Waals surface area (Å²) in [5.74, 6) is 0.158. The van der Waals surface area contributed by atoms with E-state index >= 15 is 0 Å². The van der Waals surface area contributed by atoms with Crippen molar-refractivity contribution in [1.82, 2.24) is 9.21 Å². The molecule has 7 nitrogen and oxygen atoms in total. The molecule has 0 saturated heterocycles. The number of hydrogen-bond acceptors (Lipinski definition) is 5. The number of nitro groups is 1. The zero-order chi connectivity index (χ0) is 19.2. The maximum atomic E-state index is 13.1. The van der Waals surface area contributed by atoms with E-state index in [4.69, 9.17) is 0 Å². The van der Waals surface area contributed by atoms with Crippen LogP contribution < -0.4 is 0 Å². The van der Waals surface area contributed by atoms with Gasteiger partial charge in [-0.25, -0.2) is 8.42 Å². The van der Waals surface area contributed by atoms with Gasteiger partial charge in [-0.1, -0.05) is 33.8 Å². The van der Waals surface area contributed by atoms with Crippen molar-refractivity contribution < 1.29 is 13.3 Å². The van der Waals surface area contributed by atoms with E-state index in [0.29, 0.717) is 19.6 Å². The Morgan fingerprint density at radius 3 is 2.24 bits per heavy atom. The third-order valence-corrected chi connectivity index (χ3v) is 6.21. The minimum absolute atomic E-state index is 0.0156. The first-order valence-corrected chi connectivity index (χ1v) is 10.1. The van der Waals surface area contributed by atoms with Gasteiger partial charge in [-0.05, 0) is 32.0 Å². The van der Waals surface area contributed by atoms with Crippen LogP contribution in [-0.4, -0.2) is 55.3 Å². The van der Waals surface area contributed by atoms with Crippen LogP contribution in [0.4, 0.5) is 5.69 Å². The zero-order valence-electron chi connectivity index (χ0n) is 15.7. The lowest BCUT2D eigenvalue weighted by Crippen LogP contribution is -2.40. The highest BCUT2D eigenvalue weighted by atomic mass is 32.2. The first-order valence-electron chi connectivity index (χ1n) is 8.61. The summed E-state index contributed by atoms with van der Waals surface area (Å²) in [4.78, 5) is 12.8. The fourth-order valence-corrected chi connectivity index (χ4v) is 4.57. The number of likely N-dealkylation sites (N-methyl/N-ethyl adjacent to an activating group) is 1. The van der Waals surface area contributed by atoms with Crippen molar-refractivity contribution in [2.75, 3.05) is 32.7 Å². The van der Waals surface area contributed by atoms with Crippen molar-refractivity contribution in [2.45, 2.75) is 39.5 Å². The molecule has 0 aromatic heterocycles. The zero-order valence-corrected chi connectivity index (χ0v) is 16.5. The van der Waals surface area contributed by atoms with Crippen LogP contribution in [0.2, 0.25) is 0 Å². The molecule has 25 heavy (non-hydrogen) atoms. The van der Waals surface area contributed by atoms with E-state index in [9.17, 15) is 18.5 Å². The predicted octanol–water partition coefficient (Wildman–Crippen LogP) is 2.89. The number of rotatable bonds is 10. The number of hydrogen-bond donors (Lipinski definition) is 0. The molecule has 0 bridgehead atoms. The normalized spacial score (nSPS) is 12.3. The molecule has 0 aliphatic heterocycles. The van der Waals surface area contributed by atoms with Crippen LogP contribution in [0, 0.1) is 23.0 Å². The second kappa shape index (κ2) is 9.26. The molecule has 1 rings (SSSR count). The number of nitrogens with zero attached hydrogens (tertiary/aromatic N) is 3. The Hall–Kier alpha value is -1.51. The van der Waals surface area contributed by atoms with Gasteiger partial charge in [-0.2, -0.15) is 4.31 Å². The van der Waals surface area contributed by atoms with Crippen LogP contribution in [0.1, 0.15) is 33.3 Å². The van der Waals surface area contributed by atoms with E-state index in [1.165, 1.54) is 29.4 Å². The molecule has 142 valence electrons. The first kappa shape index (κ1) is 21.5. The molecule has 0 saturated carbocycles. The fourth-order valence-electron chi connectivity index (χ4n) is 2.73. The molecule has 1 aromatic carbocycles. The van der Waals surface area contributed by atoms with Gasteiger partial charge < -0.3 is 4.90 Å². The summed E-state index contributed by atoms with van der Waals surface area (Å²) in [5.41, 5.74) is 0.0124. The highest BCUT2D eigenvalue weighted by Crippen LogP contribution is 2.27. The minimum atomic E-state index is -3.79. The molecular weight excluding hydrogens is 342 g/mol. The minimum Gasteiger partial charge on any atom is -0.303 e. The Morgan fingerprint density at radius 2 is 1.76 bits per heavy atom. The average molecular weight is 372 g/mol. The van der Waals surface area contributed by atoms with E-state index in [2.05, 4.69) is 4.90 Å². The van der Waals surface area contributed by atoms with Crippen molar-refractivity contribution in [3.8, 4) is 0 Å². The van der Waals surface area contributed by atoms with E-state index in [0.717, 1.165) is 13.1 Å². The van der Waals surface area contributed by atoms with Gasteiger partial charge in [0.25, 0.3) is 5.69 Å². The molecule has 0 atom stereocenters. The molecule has 0 heterocycles. The van der Waals surface area contributed by atoms with Crippen LogP contribution in [0.15, 0.2) is 23.1 Å². The lowest BCUT2D eigenvalue weighted by atomic mass is 10.2. The second-order valence-electron chi connectivity index (χ2n) is 6.44. The van der Waals surface area contributed by atoms with Gasteiger partial charge in [0.2, 0.25) is 10.0 Å². The quantitative estimate of drug-likeness (QED) is 0.466. The maximum absolute atomic E-state index is 13.1. The van der Waals surface area contributed by atoms with Crippen molar-refractivity contribution in [2.24, 2.45) is 5.92 Å². The monoisotopic (exact) mass is 371 g/mol. The summed E-state index contributed by atoms with van der Waals surface area (Å²) in [6.07, 6.45) is 0. The Kier molecular flexibility index (Phi) is 7.98. The highest BCUT2D eigenvalue weighted by Gasteiger charge is 2.29. The summed E-state index contributed by atoms with van der Waals surface area (Å²) >= 11 is 0. The standard InChI is InChI=1S/C17H29N3O4S/c1-6-18(7-2)11-12-19(13-14(3)4)25(23,24)17-10-8-9-16(15(17)5)20(21)22/h8-10,14H,6-7,11-13H2,1-5H3. The molecule has 0 radical (unpaired) electrons. The fraction of sp³-hybridized carbons (Fsp3) is 0.647. The summed E-state index contributed by atoms with van der Waals surface area (Å²) < 4.78 is 27.7. The van der Waals surface area contributed by atoms with Crippen molar-refractivity contribution in [3.05, 3.63) is 33.9 Å². The Balaban J connectivity index is 3.23. The third kappa shape index (κ3) is 5.49. The topological polar surface area (TPSA) is 83.8 Å². The highest BCUT2D eigenvalue weighted by molar-refractivity contribution is 7.89. The maximum Gasteiger partial charge on any atom is 0.273 e. The van der Waals surface area contributed by atoms with Crippen LogP contribution in [0.5, 0.6) is 0 Å². The summed E-state index contributed by atoms with van der Waals surface area (Å²) in [5, 5.41) is 11.1. The van der Waals surface area contributed by atoms with E-state index < -0.39 is 14.9 Å². The van der Waals surface area contributed by atoms with Crippen LogP contribution >= 0.6 is 0 Å². The molecule has 0 aliphatic rings. The summed E-state index contributed by atoms with van der Waals surface area (Å²) in [7, 11) is -3.79. The Morgan fingerprint density at radius 1 is 1.16 bits per heavy atom. The van der Waals surface area contributed by atoms with Gasteiger partial charge in [0.05, 0.1) is 9.82 Å². The van der Waals surface area contributed by atoms with Crippen LogP contribution in [0.3, 0.4) is 0 Å². The van der Waals surface area contributed by atoms with E-state index in [1.807, 2.05) is 27.7 Å². The van der Waals surface area contributed by atoms with Crippen molar-refractivity contribution >= 4 is 15.7 Å². The van der Waals surface area contributed by atoms with Gasteiger partial charge in [0.15, 0.2) is 0 Å². The largest absolute Gasteiger partial charge is 0.303 e. The molecule has 0 amide bonds. The summed E-state index contributed by atoms with van der Waals surface area (Å²) in [6, 6.07) is 4.20. The molecule has 0 N–H and O–H groups in total. The molecule has 8 heteroatoms. The SMILES string of the molecule is CCN(CC)CCN(CC(C)C)S(=O)(=O)c1cccc([N+](=O)[O-])c1C. The number of benzene rings is 1. The van der Waals surface area contributed by atoms with Crippen LogP contribution in [0.25, 0.3) is 0 Å². The average Bonchev–Trinajstić information content (AvgIpc) is 2.53. The number of sulfonamides is 1. The van der Waals surface area contributed by atoms with Gasteiger partial charge >= 0.3 is 0 Å².